The number of rotatable bonds is 3. The van der Waals surface area contributed by atoms with E-state index in [1.54, 1.807) is 24.3 Å². The van der Waals surface area contributed by atoms with Gasteiger partial charge in [0.2, 0.25) is 0 Å². The highest BCUT2D eigenvalue weighted by atomic mass is 32.5. The van der Waals surface area contributed by atoms with Crippen molar-refractivity contribution >= 4 is 40.8 Å². The van der Waals surface area contributed by atoms with Crippen molar-refractivity contribution in [2.45, 2.75) is 19.8 Å². The highest BCUT2D eigenvalue weighted by Crippen LogP contribution is 2.45. The number of ketones is 1. The molecule has 2 N–H and O–H groups in total. The largest absolute Gasteiger partial charge is 0.428 e. The second kappa shape index (κ2) is 6.08. The van der Waals surface area contributed by atoms with Crippen molar-refractivity contribution in [2.24, 2.45) is 0 Å². The molecule has 1 aliphatic carbocycles. The third kappa shape index (κ3) is 3.10. The minimum atomic E-state index is -3.92. The van der Waals surface area contributed by atoms with E-state index in [4.69, 9.17) is 9.79 Å². The molecule has 0 radical (unpaired) electrons. The van der Waals surface area contributed by atoms with Crippen LogP contribution >= 0.6 is 6.72 Å². The molecule has 24 heavy (non-hydrogen) atoms. The summed E-state index contributed by atoms with van der Waals surface area (Å²) in [6, 6.07) is 8.81. The lowest BCUT2D eigenvalue weighted by molar-refractivity contribution is 0.0978. The van der Waals surface area contributed by atoms with Gasteiger partial charge >= 0.3 is 6.72 Å². The first-order valence-corrected chi connectivity index (χ1v) is 9.80. The summed E-state index contributed by atoms with van der Waals surface area (Å²) in [5, 5.41) is 9.70. The second-order valence-electron chi connectivity index (χ2n) is 5.34. The molecule has 1 aromatic heterocycles. The fraction of sp³-hybridized carbons (Fsp3) is 0.188. The predicted molar refractivity (Wildman–Crippen MR) is 92.4 cm³/mol. The molecule has 0 saturated carbocycles. The van der Waals surface area contributed by atoms with E-state index in [2.05, 4.69) is 22.9 Å². The molecule has 3 rings (SSSR count). The zero-order valence-corrected chi connectivity index (χ0v) is 14.4. The Labute approximate surface area is 143 Å². The number of carbonyl (C=O) groups excluding carboxylic acids is 1. The van der Waals surface area contributed by atoms with Crippen LogP contribution in [-0.2, 0) is 16.3 Å². The zero-order valence-electron chi connectivity index (χ0n) is 12.7. The molecule has 1 heterocycles. The number of benzene rings is 1. The fourth-order valence-electron chi connectivity index (χ4n) is 2.76. The number of Topliss-reactive ketones (excluding diaryl/α,β-unsaturated/α-hetero) is 1. The maximum atomic E-state index is 12.4. The van der Waals surface area contributed by atoms with Gasteiger partial charge in [0, 0.05) is 28.3 Å². The Morgan fingerprint density at radius 3 is 2.79 bits per heavy atom. The number of carbonyl (C=O) groups is 1. The number of hydrogen-bond acceptors (Lipinski definition) is 5. The van der Waals surface area contributed by atoms with Crippen LogP contribution in [0.15, 0.2) is 30.0 Å². The minimum absolute atomic E-state index is 0.0964. The van der Waals surface area contributed by atoms with Gasteiger partial charge in [-0.3, -0.25) is 4.79 Å². The molecule has 0 aliphatic heterocycles. The molecule has 0 spiro atoms. The Balaban J connectivity index is 2.24. The smallest absolute Gasteiger partial charge is 0.374 e. The van der Waals surface area contributed by atoms with Crippen LogP contribution in [0.5, 0.6) is 0 Å². The summed E-state index contributed by atoms with van der Waals surface area (Å²) < 4.78 is 5.07. The molecule has 0 saturated heterocycles. The third-order valence-electron chi connectivity index (χ3n) is 3.77. The summed E-state index contributed by atoms with van der Waals surface area (Å²) in [7, 11) is 0. The van der Waals surface area contributed by atoms with Gasteiger partial charge in [-0.25, -0.2) is 4.98 Å². The number of aromatic nitrogens is 1. The number of nitrogens with zero attached hydrogens (tertiary/aromatic N) is 2. The van der Waals surface area contributed by atoms with E-state index >= 15 is 0 Å². The monoisotopic (exact) mass is 360 g/mol. The highest BCUT2D eigenvalue weighted by Gasteiger charge is 2.29. The molecule has 1 aromatic carbocycles. The first kappa shape index (κ1) is 16.7. The summed E-state index contributed by atoms with van der Waals surface area (Å²) in [6.45, 7) is -2.06. The molecule has 0 amide bonds. The van der Waals surface area contributed by atoms with Gasteiger partial charge in [-0.15, -0.1) is 0 Å². The summed E-state index contributed by atoms with van der Waals surface area (Å²) in [6.07, 6.45) is 0.403. The maximum absolute atomic E-state index is 12.4. The Morgan fingerprint density at radius 2 is 2.17 bits per heavy atom. The number of allylic oxidation sites excluding steroid dienone is 2. The van der Waals surface area contributed by atoms with Crippen LogP contribution in [0, 0.1) is 11.3 Å². The first-order chi connectivity index (χ1) is 11.3. The van der Waals surface area contributed by atoms with E-state index in [0.29, 0.717) is 39.7 Å². The number of nitriles is 1. The standard InChI is InChI=1S/C16H13N2O4PS/c1-2-11-15(22-23(20,21)24)7-14(19)12-6-10-5-9(8-17)3-4-13(10)18-16(11)12/h3-6H,2,7H2,1H3,(H2,20,21,24). The van der Waals surface area contributed by atoms with E-state index in [1.165, 1.54) is 0 Å². The molecule has 0 fully saturated rings. The van der Waals surface area contributed by atoms with E-state index in [9.17, 15) is 14.6 Å². The normalized spacial score (nSPS) is 14.5. The average Bonchev–Trinajstić information content (AvgIpc) is 2.52. The van der Waals surface area contributed by atoms with Crippen LogP contribution in [0.1, 0.15) is 41.4 Å². The van der Waals surface area contributed by atoms with Gasteiger partial charge in [0.25, 0.3) is 0 Å². The summed E-state index contributed by atoms with van der Waals surface area (Å²) in [4.78, 5) is 35.8. The summed E-state index contributed by atoms with van der Waals surface area (Å²) in [5.41, 5.74) is 2.66. The van der Waals surface area contributed by atoms with Crippen molar-refractivity contribution in [3.8, 4) is 6.07 Å². The quantitative estimate of drug-likeness (QED) is 0.811. The van der Waals surface area contributed by atoms with Crippen molar-refractivity contribution in [1.82, 2.24) is 4.98 Å². The fourth-order valence-corrected chi connectivity index (χ4v) is 3.50. The number of hydrogen-bond donors (Lipinski definition) is 2. The molecule has 0 unspecified atom stereocenters. The van der Waals surface area contributed by atoms with Crippen molar-refractivity contribution in [3.63, 3.8) is 0 Å². The SMILES string of the molecule is CCC1=C(OP(O)(O)=S)CC(=O)c2cc3cc(C#N)ccc3nc21. The van der Waals surface area contributed by atoms with Crippen LogP contribution in [0.2, 0.25) is 0 Å². The Morgan fingerprint density at radius 1 is 1.42 bits per heavy atom. The summed E-state index contributed by atoms with van der Waals surface area (Å²) >= 11 is 4.51. The van der Waals surface area contributed by atoms with Gasteiger partial charge < -0.3 is 14.3 Å². The second-order valence-corrected chi connectivity index (χ2v) is 7.93. The molecule has 6 nitrogen and oxygen atoms in total. The number of pyridine rings is 1. The van der Waals surface area contributed by atoms with Crippen LogP contribution in [0.25, 0.3) is 16.5 Å². The van der Waals surface area contributed by atoms with Crippen molar-refractivity contribution in [2.75, 3.05) is 0 Å². The first-order valence-electron chi connectivity index (χ1n) is 7.18. The Kier molecular flexibility index (Phi) is 4.24. The summed E-state index contributed by atoms with van der Waals surface area (Å²) in [5.74, 6) is -0.0683. The van der Waals surface area contributed by atoms with Crippen LogP contribution in [0.4, 0.5) is 0 Å². The molecular formula is C16H13N2O4PS. The molecule has 0 atom stereocenters. The number of fused-ring (bicyclic) bond motifs is 2. The van der Waals surface area contributed by atoms with Gasteiger partial charge in [-0.1, -0.05) is 6.92 Å². The lowest BCUT2D eigenvalue weighted by Crippen LogP contribution is -2.15. The molecule has 122 valence electrons. The maximum Gasteiger partial charge on any atom is 0.374 e. The van der Waals surface area contributed by atoms with Crippen molar-refractivity contribution < 1.29 is 19.1 Å². The lowest BCUT2D eigenvalue weighted by atomic mass is 9.90. The lowest BCUT2D eigenvalue weighted by Gasteiger charge is -2.23. The molecule has 1 aliphatic rings. The molecule has 8 heteroatoms. The van der Waals surface area contributed by atoms with Gasteiger partial charge in [-0.2, -0.15) is 5.26 Å². The van der Waals surface area contributed by atoms with E-state index in [-0.39, 0.29) is 18.0 Å². The van der Waals surface area contributed by atoms with Gasteiger partial charge in [-0.05, 0) is 30.7 Å². The Bertz CT molecular complexity index is 987. The van der Waals surface area contributed by atoms with E-state index in [0.717, 1.165) is 0 Å². The topological polar surface area (TPSA) is 103 Å². The van der Waals surface area contributed by atoms with Gasteiger partial charge in [0.15, 0.2) is 5.78 Å². The Hall–Kier alpha value is -2.10. The zero-order chi connectivity index (χ0) is 17.5. The molecule has 2 aromatic rings. The molecular weight excluding hydrogens is 347 g/mol. The van der Waals surface area contributed by atoms with Gasteiger partial charge in [0.1, 0.15) is 5.76 Å². The van der Waals surface area contributed by atoms with Crippen molar-refractivity contribution in [1.29, 1.82) is 5.26 Å². The van der Waals surface area contributed by atoms with Crippen LogP contribution in [0.3, 0.4) is 0 Å². The van der Waals surface area contributed by atoms with Crippen LogP contribution < -0.4 is 0 Å². The van der Waals surface area contributed by atoms with E-state index in [1.807, 2.05) is 6.92 Å². The van der Waals surface area contributed by atoms with E-state index < -0.39 is 6.72 Å². The van der Waals surface area contributed by atoms with Crippen LogP contribution in [-0.4, -0.2) is 20.6 Å². The highest BCUT2D eigenvalue weighted by molar-refractivity contribution is 8.06. The van der Waals surface area contributed by atoms with Gasteiger partial charge in [0.05, 0.1) is 29.3 Å². The molecule has 0 bridgehead atoms. The minimum Gasteiger partial charge on any atom is -0.428 e. The third-order valence-corrected chi connectivity index (χ3v) is 4.45. The van der Waals surface area contributed by atoms with Crippen molar-refractivity contribution in [3.05, 3.63) is 46.8 Å². The average molecular weight is 360 g/mol. The predicted octanol–water partition coefficient (Wildman–Crippen LogP) is 3.04.